The lowest BCUT2D eigenvalue weighted by Crippen LogP contribution is -2.36. The van der Waals surface area contributed by atoms with E-state index >= 15 is 0 Å². The van der Waals surface area contributed by atoms with Gasteiger partial charge in [0.05, 0.1) is 6.10 Å². The Morgan fingerprint density at radius 2 is 1.92 bits per heavy atom. The van der Waals surface area contributed by atoms with Crippen LogP contribution in [0.3, 0.4) is 0 Å². The van der Waals surface area contributed by atoms with Crippen LogP contribution >= 0.6 is 0 Å². The summed E-state index contributed by atoms with van der Waals surface area (Å²) in [4.78, 5) is 0. The average Bonchev–Trinajstić information content (AvgIpc) is 2.00. The summed E-state index contributed by atoms with van der Waals surface area (Å²) in [6, 6.07) is 0. The number of aliphatic hydroxyl groups excluding tert-OH is 1. The van der Waals surface area contributed by atoms with Crippen molar-refractivity contribution >= 4 is 0 Å². The van der Waals surface area contributed by atoms with Crippen LogP contribution in [0.4, 0.5) is 0 Å². The lowest BCUT2D eigenvalue weighted by molar-refractivity contribution is 0.0106. The Morgan fingerprint density at radius 3 is 2.42 bits per heavy atom. The van der Waals surface area contributed by atoms with E-state index in [2.05, 4.69) is 27.4 Å². The van der Waals surface area contributed by atoms with Crippen LogP contribution in [0.1, 0.15) is 33.6 Å². The molecule has 12 heavy (non-hydrogen) atoms. The van der Waals surface area contributed by atoms with Crippen molar-refractivity contribution in [2.45, 2.75) is 39.7 Å². The van der Waals surface area contributed by atoms with Crippen molar-refractivity contribution in [2.75, 3.05) is 0 Å². The molecule has 0 bridgehead atoms. The quantitative estimate of drug-likeness (QED) is 0.597. The van der Waals surface area contributed by atoms with Crippen LogP contribution in [0.25, 0.3) is 0 Å². The number of rotatable bonds is 1. The van der Waals surface area contributed by atoms with Crippen LogP contribution < -0.4 is 0 Å². The van der Waals surface area contributed by atoms with Gasteiger partial charge in [0.2, 0.25) is 0 Å². The van der Waals surface area contributed by atoms with E-state index in [-0.39, 0.29) is 6.10 Å². The fourth-order valence-corrected chi connectivity index (χ4v) is 2.33. The molecule has 0 saturated heterocycles. The van der Waals surface area contributed by atoms with E-state index < -0.39 is 0 Å². The highest BCUT2D eigenvalue weighted by molar-refractivity contribution is 5.02. The van der Waals surface area contributed by atoms with Crippen molar-refractivity contribution in [3.8, 4) is 0 Å². The Hall–Kier alpha value is -0.300. The largest absolute Gasteiger partial charge is 0.393 e. The minimum atomic E-state index is -0.125. The normalized spacial score (nSPS) is 42.7. The molecule has 0 aliphatic heterocycles. The molecule has 1 heteroatoms. The second-order valence-electron chi connectivity index (χ2n) is 4.36. The maximum atomic E-state index is 9.82. The zero-order chi connectivity index (χ0) is 9.30. The summed E-state index contributed by atoms with van der Waals surface area (Å²) in [5.74, 6) is 1.40. The molecule has 1 saturated carbocycles. The Labute approximate surface area is 75.5 Å². The smallest absolute Gasteiger partial charge is 0.0596 e. The third-order valence-corrected chi connectivity index (χ3v) is 3.32. The summed E-state index contributed by atoms with van der Waals surface area (Å²) in [5.41, 5.74) is 1.23. The summed E-state index contributed by atoms with van der Waals surface area (Å²) >= 11 is 0. The predicted molar refractivity (Wildman–Crippen MR) is 51.9 cm³/mol. The second kappa shape index (κ2) is 3.61. The molecular weight excluding hydrogens is 148 g/mol. The van der Waals surface area contributed by atoms with Gasteiger partial charge in [-0.25, -0.2) is 0 Å². The first-order valence-corrected chi connectivity index (χ1v) is 4.87. The van der Waals surface area contributed by atoms with Gasteiger partial charge in [-0.2, -0.15) is 0 Å². The number of hydrogen-bond acceptors (Lipinski definition) is 1. The fraction of sp³-hybridized carbons (Fsp3) is 0.818. The van der Waals surface area contributed by atoms with Crippen molar-refractivity contribution < 1.29 is 5.11 Å². The van der Waals surface area contributed by atoms with Crippen LogP contribution in [-0.2, 0) is 0 Å². The molecule has 4 unspecified atom stereocenters. The van der Waals surface area contributed by atoms with Gasteiger partial charge in [0.1, 0.15) is 0 Å². The fourth-order valence-electron chi connectivity index (χ4n) is 2.33. The molecule has 0 aromatic heterocycles. The van der Waals surface area contributed by atoms with Gasteiger partial charge in [-0.15, -0.1) is 0 Å². The number of aliphatic hydroxyl groups is 1. The Morgan fingerprint density at radius 1 is 1.33 bits per heavy atom. The minimum absolute atomic E-state index is 0.125. The molecule has 1 aliphatic carbocycles. The van der Waals surface area contributed by atoms with E-state index in [4.69, 9.17) is 0 Å². The summed E-state index contributed by atoms with van der Waals surface area (Å²) in [6.07, 6.45) is 2.22. The summed E-state index contributed by atoms with van der Waals surface area (Å²) in [6.45, 7) is 10.3. The highest BCUT2D eigenvalue weighted by Crippen LogP contribution is 2.36. The zero-order valence-corrected chi connectivity index (χ0v) is 8.38. The Kier molecular flexibility index (Phi) is 2.94. The van der Waals surface area contributed by atoms with Gasteiger partial charge in [0.15, 0.2) is 0 Å². The first-order chi connectivity index (χ1) is 5.54. The summed E-state index contributed by atoms with van der Waals surface area (Å²) in [7, 11) is 0. The maximum absolute atomic E-state index is 9.82. The van der Waals surface area contributed by atoms with Gasteiger partial charge >= 0.3 is 0 Å². The van der Waals surface area contributed by atoms with Gasteiger partial charge in [-0.05, 0) is 37.5 Å². The second-order valence-corrected chi connectivity index (χ2v) is 4.36. The van der Waals surface area contributed by atoms with Crippen molar-refractivity contribution in [1.82, 2.24) is 0 Å². The molecule has 1 aliphatic rings. The van der Waals surface area contributed by atoms with E-state index in [9.17, 15) is 5.11 Å². The SMILES string of the molecule is C=C(C)C1CCC(C)C(O)C1C. The standard InChI is InChI=1S/C11H20O/c1-7(2)10-6-5-8(3)11(12)9(10)4/h8-12H,1,5-6H2,2-4H3. The number of hydrogen-bond donors (Lipinski definition) is 1. The van der Waals surface area contributed by atoms with Crippen LogP contribution in [0, 0.1) is 17.8 Å². The van der Waals surface area contributed by atoms with Gasteiger partial charge in [0, 0.05) is 0 Å². The van der Waals surface area contributed by atoms with Gasteiger partial charge in [-0.3, -0.25) is 0 Å². The van der Waals surface area contributed by atoms with E-state index in [1.165, 1.54) is 12.0 Å². The van der Waals surface area contributed by atoms with Gasteiger partial charge < -0.3 is 5.11 Å². The van der Waals surface area contributed by atoms with Crippen LogP contribution in [-0.4, -0.2) is 11.2 Å². The molecule has 1 fully saturated rings. The molecule has 70 valence electrons. The molecule has 0 aromatic rings. The third-order valence-electron chi connectivity index (χ3n) is 3.32. The molecular formula is C11H20O. The molecule has 0 heterocycles. The first-order valence-electron chi connectivity index (χ1n) is 4.87. The Balaban J connectivity index is 2.65. The van der Waals surface area contributed by atoms with E-state index in [1.807, 2.05) is 0 Å². The summed E-state index contributed by atoms with van der Waals surface area (Å²) < 4.78 is 0. The Bertz CT molecular complexity index is 174. The highest BCUT2D eigenvalue weighted by atomic mass is 16.3. The minimum Gasteiger partial charge on any atom is -0.393 e. The van der Waals surface area contributed by atoms with E-state index in [1.54, 1.807) is 0 Å². The van der Waals surface area contributed by atoms with E-state index in [0.717, 1.165) is 6.42 Å². The van der Waals surface area contributed by atoms with Gasteiger partial charge in [0.25, 0.3) is 0 Å². The van der Waals surface area contributed by atoms with E-state index in [0.29, 0.717) is 17.8 Å². The predicted octanol–water partition coefficient (Wildman–Crippen LogP) is 2.61. The monoisotopic (exact) mass is 168 g/mol. The average molecular weight is 168 g/mol. The molecule has 0 amide bonds. The molecule has 1 nitrogen and oxygen atoms in total. The summed E-state index contributed by atoms with van der Waals surface area (Å²) in [5, 5.41) is 9.82. The molecule has 0 spiro atoms. The topological polar surface area (TPSA) is 20.2 Å². The molecule has 0 aromatic carbocycles. The molecule has 4 atom stereocenters. The molecule has 1 rings (SSSR count). The van der Waals surface area contributed by atoms with Crippen molar-refractivity contribution in [3.05, 3.63) is 12.2 Å². The van der Waals surface area contributed by atoms with Crippen LogP contribution in [0.2, 0.25) is 0 Å². The van der Waals surface area contributed by atoms with Crippen molar-refractivity contribution in [2.24, 2.45) is 17.8 Å². The van der Waals surface area contributed by atoms with Crippen molar-refractivity contribution in [1.29, 1.82) is 0 Å². The molecule has 1 N–H and O–H groups in total. The van der Waals surface area contributed by atoms with Gasteiger partial charge in [-0.1, -0.05) is 26.0 Å². The lowest BCUT2D eigenvalue weighted by Gasteiger charge is -2.37. The van der Waals surface area contributed by atoms with Crippen LogP contribution in [0.15, 0.2) is 12.2 Å². The van der Waals surface area contributed by atoms with Crippen LogP contribution in [0.5, 0.6) is 0 Å². The first kappa shape index (κ1) is 9.79. The maximum Gasteiger partial charge on any atom is 0.0596 e. The number of allylic oxidation sites excluding steroid dienone is 1. The lowest BCUT2D eigenvalue weighted by atomic mass is 9.71. The molecule has 0 radical (unpaired) electrons. The zero-order valence-electron chi connectivity index (χ0n) is 8.38. The highest BCUT2D eigenvalue weighted by Gasteiger charge is 2.33. The van der Waals surface area contributed by atoms with Crippen molar-refractivity contribution in [3.63, 3.8) is 0 Å². The third kappa shape index (κ3) is 1.71.